The van der Waals surface area contributed by atoms with Crippen molar-refractivity contribution in [1.82, 2.24) is 5.32 Å². The van der Waals surface area contributed by atoms with Gasteiger partial charge in [-0.05, 0) is 26.3 Å². The Morgan fingerprint density at radius 2 is 1.88 bits per heavy atom. The third kappa shape index (κ3) is 3.77. The Hall–Kier alpha value is -2.68. The third-order valence-electron chi connectivity index (χ3n) is 4.43. The molecule has 0 spiro atoms. The highest BCUT2D eigenvalue weighted by Crippen LogP contribution is 2.43. The fourth-order valence-corrected chi connectivity index (χ4v) is 3.20. The number of nitro groups is 1. The molecular weight excluding hydrogens is 344 g/mol. The fraction of sp³-hybridized carbons (Fsp3) is 0.529. The van der Waals surface area contributed by atoms with E-state index in [-0.39, 0.29) is 35.8 Å². The molecule has 3 atom stereocenters. The van der Waals surface area contributed by atoms with Crippen molar-refractivity contribution >= 4 is 17.4 Å². The highest BCUT2D eigenvalue weighted by Gasteiger charge is 2.43. The van der Waals surface area contributed by atoms with Crippen LogP contribution in [0, 0.1) is 16.0 Å². The zero-order chi connectivity index (χ0) is 19.4. The molecule has 0 saturated carbocycles. The summed E-state index contributed by atoms with van der Waals surface area (Å²) in [7, 11) is 2.80. The number of nitrogens with one attached hydrogen (secondary N) is 1. The van der Waals surface area contributed by atoms with Crippen molar-refractivity contribution in [2.24, 2.45) is 5.92 Å². The number of ether oxygens (including phenoxy) is 3. The second-order valence-electron chi connectivity index (χ2n) is 5.92. The van der Waals surface area contributed by atoms with Gasteiger partial charge in [0.2, 0.25) is 0 Å². The molecule has 1 aromatic rings. The molecule has 0 bridgehead atoms. The van der Waals surface area contributed by atoms with Crippen LogP contribution >= 0.6 is 0 Å². The van der Waals surface area contributed by atoms with Gasteiger partial charge in [0, 0.05) is 12.0 Å². The van der Waals surface area contributed by atoms with Crippen molar-refractivity contribution in [2.45, 2.75) is 32.4 Å². The minimum absolute atomic E-state index is 0.168. The highest BCUT2D eigenvalue weighted by molar-refractivity contribution is 5.83. The van der Waals surface area contributed by atoms with Crippen molar-refractivity contribution in [3.05, 3.63) is 27.8 Å². The third-order valence-corrected chi connectivity index (χ3v) is 4.43. The maximum Gasteiger partial charge on any atom is 0.323 e. The molecule has 1 aliphatic rings. The van der Waals surface area contributed by atoms with Crippen LogP contribution in [0.2, 0.25) is 0 Å². The summed E-state index contributed by atoms with van der Waals surface area (Å²) in [6, 6.07) is 1.31. The van der Waals surface area contributed by atoms with Crippen LogP contribution in [0.3, 0.4) is 0 Å². The first kappa shape index (κ1) is 19.6. The second-order valence-corrected chi connectivity index (χ2v) is 5.92. The number of ketones is 1. The number of rotatable bonds is 7. The molecular formula is C17H22N2O7. The average molecular weight is 366 g/mol. The van der Waals surface area contributed by atoms with Crippen LogP contribution in [0.25, 0.3) is 0 Å². The van der Waals surface area contributed by atoms with E-state index in [0.29, 0.717) is 5.75 Å². The molecule has 1 fully saturated rings. The van der Waals surface area contributed by atoms with E-state index in [1.807, 2.05) is 0 Å². The topological polar surface area (TPSA) is 117 Å². The first-order chi connectivity index (χ1) is 12.3. The van der Waals surface area contributed by atoms with Crippen LogP contribution in [0.5, 0.6) is 11.5 Å². The number of carbonyl (C=O) groups excluding carboxylic acids is 2. The first-order valence-electron chi connectivity index (χ1n) is 8.17. The maximum absolute atomic E-state index is 12.1. The number of esters is 1. The van der Waals surface area contributed by atoms with E-state index < -0.39 is 28.9 Å². The summed E-state index contributed by atoms with van der Waals surface area (Å²) in [6.07, 6.45) is 0.213. The number of hydrogen-bond donors (Lipinski definition) is 1. The van der Waals surface area contributed by atoms with E-state index in [2.05, 4.69) is 5.32 Å². The van der Waals surface area contributed by atoms with Crippen molar-refractivity contribution in [3.8, 4) is 11.5 Å². The average Bonchev–Trinajstić information content (AvgIpc) is 3.06. The Kier molecular flexibility index (Phi) is 6.14. The van der Waals surface area contributed by atoms with Crippen molar-refractivity contribution < 1.29 is 28.7 Å². The number of carbonyl (C=O) groups is 2. The van der Waals surface area contributed by atoms with Crippen LogP contribution in [0.1, 0.15) is 31.9 Å². The zero-order valence-electron chi connectivity index (χ0n) is 15.1. The van der Waals surface area contributed by atoms with Crippen molar-refractivity contribution in [3.63, 3.8) is 0 Å². The Morgan fingerprint density at radius 1 is 1.27 bits per heavy atom. The molecule has 1 N–H and O–H groups in total. The molecule has 0 aromatic heterocycles. The summed E-state index contributed by atoms with van der Waals surface area (Å²) in [5.41, 5.74) is 0.0514. The number of hydrogen-bond acceptors (Lipinski definition) is 8. The molecule has 0 radical (unpaired) electrons. The lowest BCUT2D eigenvalue weighted by atomic mass is 9.89. The quantitative estimate of drug-likeness (QED) is 0.441. The summed E-state index contributed by atoms with van der Waals surface area (Å²) in [5, 5.41) is 14.6. The lowest BCUT2D eigenvalue weighted by Crippen LogP contribution is -2.34. The number of nitrogens with zero attached hydrogens (tertiary/aromatic N) is 1. The van der Waals surface area contributed by atoms with E-state index in [1.165, 1.54) is 33.3 Å². The lowest BCUT2D eigenvalue weighted by Gasteiger charge is -2.19. The fourth-order valence-electron chi connectivity index (χ4n) is 3.20. The first-order valence-corrected chi connectivity index (χ1v) is 8.17. The molecule has 9 heteroatoms. The molecule has 0 aliphatic carbocycles. The number of Topliss-reactive ketones (excluding diaryl/α,β-unsaturated/α-hetero) is 1. The Morgan fingerprint density at radius 3 is 2.38 bits per heavy atom. The number of nitro benzene ring substituents is 1. The highest BCUT2D eigenvalue weighted by atomic mass is 16.6. The van der Waals surface area contributed by atoms with Crippen LogP contribution in [0.4, 0.5) is 5.69 Å². The van der Waals surface area contributed by atoms with Gasteiger partial charge in [-0.25, -0.2) is 0 Å². The Balaban J connectivity index is 2.51. The van der Waals surface area contributed by atoms with Crippen molar-refractivity contribution in [1.29, 1.82) is 0 Å². The molecule has 0 amide bonds. The molecule has 9 nitrogen and oxygen atoms in total. The molecule has 1 aliphatic heterocycles. The van der Waals surface area contributed by atoms with Gasteiger partial charge >= 0.3 is 5.97 Å². The van der Waals surface area contributed by atoms with Gasteiger partial charge in [0.15, 0.2) is 11.5 Å². The maximum atomic E-state index is 12.1. The normalized spacial score (nSPS) is 21.9. The van der Waals surface area contributed by atoms with E-state index in [9.17, 15) is 19.7 Å². The van der Waals surface area contributed by atoms with Gasteiger partial charge in [-0.15, -0.1) is 0 Å². The van der Waals surface area contributed by atoms with Gasteiger partial charge < -0.3 is 14.2 Å². The van der Waals surface area contributed by atoms with Gasteiger partial charge in [-0.2, -0.15) is 0 Å². The summed E-state index contributed by atoms with van der Waals surface area (Å²) >= 11 is 0. The summed E-state index contributed by atoms with van der Waals surface area (Å²) in [4.78, 5) is 35.2. The zero-order valence-corrected chi connectivity index (χ0v) is 15.1. The van der Waals surface area contributed by atoms with E-state index in [0.717, 1.165) is 0 Å². The van der Waals surface area contributed by atoms with Gasteiger partial charge in [0.25, 0.3) is 5.69 Å². The van der Waals surface area contributed by atoms with Crippen LogP contribution in [0.15, 0.2) is 12.1 Å². The van der Waals surface area contributed by atoms with Gasteiger partial charge in [-0.3, -0.25) is 25.0 Å². The second kappa shape index (κ2) is 8.13. The Bertz CT molecular complexity index is 719. The van der Waals surface area contributed by atoms with Crippen molar-refractivity contribution in [2.75, 3.05) is 20.8 Å². The molecule has 1 saturated heterocycles. The smallest absolute Gasteiger partial charge is 0.323 e. The molecule has 2 rings (SSSR count). The summed E-state index contributed by atoms with van der Waals surface area (Å²) in [5.74, 6) is -0.733. The van der Waals surface area contributed by atoms with E-state index in [1.54, 1.807) is 6.92 Å². The Labute approximate surface area is 150 Å². The molecule has 26 heavy (non-hydrogen) atoms. The summed E-state index contributed by atoms with van der Waals surface area (Å²) in [6.45, 7) is 3.30. The lowest BCUT2D eigenvalue weighted by molar-refractivity contribution is -0.385. The minimum atomic E-state index is -0.707. The van der Waals surface area contributed by atoms with Crippen LogP contribution < -0.4 is 14.8 Å². The largest absolute Gasteiger partial charge is 0.493 e. The number of methoxy groups -OCH3 is 2. The molecule has 1 heterocycles. The van der Waals surface area contributed by atoms with Crippen LogP contribution in [-0.4, -0.2) is 43.5 Å². The monoisotopic (exact) mass is 366 g/mol. The summed E-state index contributed by atoms with van der Waals surface area (Å²) < 4.78 is 15.4. The predicted molar refractivity (Wildman–Crippen MR) is 91.3 cm³/mol. The molecule has 0 unspecified atom stereocenters. The van der Waals surface area contributed by atoms with Gasteiger partial charge in [0.1, 0.15) is 11.8 Å². The van der Waals surface area contributed by atoms with Gasteiger partial charge in [-0.1, -0.05) is 0 Å². The SMILES string of the molecule is CCOC(=O)[C@H]1C[C@@H](C(C)=O)[C@@H](c2cc(OC)c(OC)cc2[N+](=O)[O-])N1. The number of benzene rings is 1. The minimum Gasteiger partial charge on any atom is -0.493 e. The van der Waals surface area contributed by atoms with E-state index in [4.69, 9.17) is 14.2 Å². The van der Waals surface area contributed by atoms with Gasteiger partial charge in [0.05, 0.1) is 37.4 Å². The predicted octanol–water partition coefficient (Wildman–Crippen LogP) is 1.78. The van der Waals surface area contributed by atoms with E-state index >= 15 is 0 Å². The molecule has 1 aromatic carbocycles. The molecule has 142 valence electrons. The van der Waals surface area contributed by atoms with Crippen LogP contribution in [-0.2, 0) is 14.3 Å². The standard InChI is InChI=1S/C17H22N2O7/c1-5-26-17(21)12-6-10(9(2)20)16(18-12)11-7-14(24-3)15(25-4)8-13(11)19(22)23/h7-8,10,12,16,18H,5-6H2,1-4H3/t10-,12+,16-/m0/s1.